The van der Waals surface area contributed by atoms with Crippen LogP contribution in [0, 0.1) is 10.8 Å². The van der Waals surface area contributed by atoms with E-state index < -0.39 is 26.6 Å². The van der Waals surface area contributed by atoms with Gasteiger partial charge in [-0.1, -0.05) is 60.3 Å². The van der Waals surface area contributed by atoms with E-state index in [0.717, 1.165) is 56.6 Å². The van der Waals surface area contributed by atoms with Gasteiger partial charge in [0.15, 0.2) is 9.84 Å². The second-order valence-electron chi connectivity index (χ2n) is 12.0. The van der Waals surface area contributed by atoms with Crippen LogP contribution in [0.2, 0.25) is 0 Å². The van der Waals surface area contributed by atoms with Gasteiger partial charge in [0, 0.05) is 34.8 Å². The summed E-state index contributed by atoms with van der Waals surface area (Å²) in [6, 6.07) is 10.9. The molecule has 1 aliphatic heterocycles. The Balaban J connectivity index is 2.20. The number of amides is 1. The molecule has 3 rings (SSSR count). The third kappa shape index (κ3) is 8.31. The minimum absolute atomic E-state index is 0.0201. The molecular formula is C32H44N2O6S2. The fourth-order valence-electron chi connectivity index (χ4n) is 5.16. The standard InChI is InChI=1S/C32H44N2O6S2/c1-7-9-16-32(17-10-8-2)21-34(24-13-11-23(12-14-24)33-30(37)31(3,4)5)25-19-27(41-6)26(40-18-15-29(35)36)20-28(25)42(38,39)22-32/h11-15,18-20H,7-10,16-17,21-22H2,1-6H3,(H,33,37)(H,35,36)/b18-15+. The molecule has 2 N–H and O–H groups in total. The Morgan fingerprint density at radius 1 is 1.10 bits per heavy atom. The maximum absolute atomic E-state index is 14.2. The van der Waals surface area contributed by atoms with E-state index in [-0.39, 0.29) is 22.3 Å². The quantitative estimate of drug-likeness (QED) is 0.142. The Morgan fingerprint density at radius 3 is 2.24 bits per heavy atom. The van der Waals surface area contributed by atoms with Crippen molar-refractivity contribution < 1.29 is 27.9 Å². The highest BCUT2D eigenvalue weighted by Gasteiger charge is 2.42. The zero-order valence-corrected chi connectivity index (χ0v) is 27.2. The van der Waals surface area contributed by atoms with Crippen LogP contribution < -0.4 is 15.0 Å². The molecule has 8 nitrogen and oxygen atoms in total. The number of aliphatic carboxylic acids is 1. The van der Waals surface area contributed by atoms with Crippen molar-refractivity contribution in [3.63, 3.8) is 0 Å². The number of hydrogen-bond acceptors (Lipinski definition) is 7. The molecule has 0 unspecified atom stereocenters. The van der Waals surface area contributed by atoms with E-state index in [2.05, 4.69) is 24.1 Å². The first-order chi connectivity index (χ1) is 19.7. The smallest absolute Gasteiger partial charge is 0.331 e. The summed E-state index contributed by atoms with van der Waals surface area (Å²) in [6.07, 6.45) is 9.14. The molecule has 1 aliphatic rings. The van der Waals surface area contributed by atoms with E-state index in [1.807, 2.05) is 57.4 Å². The van der Waals surface area contributed by atoms with Gasteiger partial charge in [-0.25, -0.2) is 13.2 Å². The number of ether oxygens (including phenoxy) is 1. The molecule has 0 bridgehead atoms. The van der Waals surface area contributed by atoms with Crippen molar-refractivity contribution in [3.05, 3.63) is 48.7 Å². The topological polar surface area (TPSA) is 113 Å². The minimum atomic E-state index is -3.75. The second kappa shape index (κ2) is 14.0. The molecular weight excluding hydrogens is 572 g/mol. The molecule has 0 atom stereocenters. The molecule has 1 heterocycles. The molecule has 0 spiro atoms. The molecule has 2 aromatic rings. The predicted molar refractivity (Wildman–Crippen MR) is 171 cm³/mol. The van der Waals surface area contributed by atoms with Gasteiger partial charge < -0.3 is 20.1 Å². The Morgan fingerprint density at radius 2 is 1.71 bits per heavy atom. The molecule has 2 aromatic carbocycles. The number of carbonyl (C=O) groups excluding carboxylic acids is 1. The van der Waals surface area contributed by atoms with Crippen molar-refractivity contribution in [1.82, 2.24) is 0 Å². The maximum atomic E-state index is 14.2. The van der Waals surface area contributed by atoms with Crippen molar-refractivity contribution in [2.24, 2.45) is 10.8 Å². The lowest BCUT2D eigenvalue weighted by Gasteiger charge is -2.37. The Labute approximate surface area is 254 Å². The lowest BCUT2D eigenvalue weighted by atomic mass is 9.79. The number of unbranched alkanes of at least 4 members (excludes halogenated alkanes) is 2. The van der Waals surface area contributed by atoms with Gasteiger partial charge in [0.05, 0.1) is 33.6 Å². The van der Waals surface area contributed by atoms with Crippen molar-refractivity contribution >= 4 is 50.5 Å². The first kappa shape index (κ1) is 33.5. The normalized spacial score (nSPS) is 16.1. The molecule has 0 aromatic heterocycles. The van der Waals surface area contributed by atoms with E-state index in [0.29, 0.717) is 22.8 Å². The number of anilines is 3. The average Bonchev–Trinajstić information content (AvgIpc) is 3.02. The molecule has 230 valence electrons. The summed E-state index contributed by atoms with van der Waals surface area (Å²) in [4.78, 5) is 26.5. The van der Waals surface area contributed by atoms with E-state index >= 15 is 0 Å². The summed E-state index contributed by atoms with van der Waals surface area (Å²) in [7, 11) is -3.75. The summed E-state index contributed by atoms with van der Waals surface area (Å²) in [5, 5.41) is 12.0. The number of sulfone groups is 1. The number of fused-ring (bicyclic) bond motifs is 1. The molecule has 0 aliphatic carbocycles. The number of carboxylic acids is 1. The van der Waals surface area contributed by atoms with Crippen LogP contribution in [0.25, 0.3) is 0 Å². The molecule has 10 heteroatoms. The first-order valence-corrected chi connectivity index (χ1v) is 17.3. The van der Waals surface area contributed by atoms with Crippen LogP contribution in [0.15, 0.2) is 58.5 Å². The lowest BCUT2D eigenvalue weighted by Crippen LogP contribution is -2.38. The zero-order valence-electron chi connectivity index (χ0n) is 25.5. The van der Waals surface area contributed by atoms with Crippen LogP contribution in [-0.2, 0) is 19.4 Å². The SMILES string of the molecule is CCCCC1(CCCC)CN(c2ccc(NC(=O)C(C)(C)C)cc2)c2cc(SC)c(O/C=C/C(=O)O)cc2S(=O)(=O)C1. The molecule has 0 saturated carbocycles. The van der Waals surface area contributed by atoms with E-state index in [1.54, 1.807) is 0 Å². The van der Waals surface area contributed by atoms with Gasteiger partial charge in [-0.3, -0.25) is 4.79 Å². The molecule has 1 amide bonds. The van der Waals surface area contributed by atoms with Gasteiger partial charge in [-0.05, 0) is 49.4 Å². The largest absolute Gasteiger partial charge is 0.478 e. The van der Waals surface area contributed by atoms with Gasteiger partial charge in [-0.2, -0.15) is 0 Å². The van der Waals surface area contributed by atoms with E-state index in [4.69, 9.17) is 9.84 Å². The molecule has 0 saturated heterocycles. The van der Waals surface area contributed by atoms with Gasteiger partial charge in [0.25, 0.3) is 0 Å². The maximum Gasteiger partial charge on any atom is 0.331 e. The van der Waals surface area contributed by atoms with Crippen LogP contribution in [0.1, 0.15) is 73.1 Å². The lowest BCUT2D eigenvalue weighted by molar-refractivity contribution is -0.131. The number of thioether (sulfide) groups is 1. The summed E-state index contributed by atoms with van der Waals surface area (Å²) >= 11 is 1.40. The predicted octanol–water partition coefficient (Wildman–Crippen LogP) is 7.66. The zero-order chi connectivity index (χ0) is 31.1. The average molecular weight is 617 g/mol. The summed E-state index contributed by atoms with van der Waals surface area (Å²) < 4.78 is 34.0. The number of hydrogen-bond donors (Lipinski definition) is 2. The summed E-state index contributed by atoms with van der Waals surface area (Å²) in [5.74, 6) is -0.939. The van der Waals surface area contributed by atoms with Crippen LogP contribution >= 0.6 is 11.8 Å². The highest BCUT2D eigenvalue weighted by molar-refractivity contribution is 7.98. The van der Waals surface area contributed by atoms with Crippen LogP contribution in [0.4, 0.5) is 17.1 Å². The third-order valence-corrected chi connectivity index (χ3v) is 10.3. The fraction of sp³-hybridized carbons (Fsp3) is 0.500. The van der Waals surface area contributed by atoms with E-state index in [9.17, 15) is 18.0 Å². The number of carboxylic acid groups (broad SMARTS) is 1. The second-order valence-corrected chi connectivity index (χ2v) is 14.8. The molecule has 42 heavy (non-hydrogen) atoms. The third-order valence-electron chi connectivity index (χ3n) is 7.51. The van der Waals surface area contributed by atoms with Crippen LogP contribution in [0.3, 0.4) is 0 Å². The van der Waals surface area contributed by atoms with Gasteiger partial charge in [-0.15, -0.1) is 11.8 Å². The number of carbonyl (C=O) groups is 2. The minimum Gasteiger partial charge on any atom is -0.478 e. The number of nitrogens with zero attached hydrogens (tertiary/aromatic N) is 1. The summed E-state index contributed by atoms with van der Waals surface area (Å²) in [6.45, 7) is 10.3. The fourth-order valence-corrected chi connectivity index (χ4v) is 7.81. The van der Waals surface area contributed by atoms with Crippen LogP contribution in [0.5, 0.6) is 5.75 Å². The number of benzene rings is 2. The number of rotatable bonds is 12. The van der Waals surface area contributed by atoms with Crippen molar-refractivity contribution in [2.75, 3.05) is 28.8 Å². The van der Waals surface area contributed by atoms with Crippen molar-refractivity contribution in [3.8, 4) is 5.75 Å². The highest BCUT2D eigenvalue weighted by atomic mass is 32.2. The number of nitrogens with one attached hydrogen (secondary N) is 1. The highest BCUT2D eigenvalue weighted by Crippen LogP contribution is 2.48. The van der Waals surface area contributed by atoms with E-state index in [1.165, 1.54) is 17.8 Å². The van der Waals surface area contributed by atoms with Crippen LogP contribution in [-0.4, -0.2) is 44.0 Å². The van der Waals surface area contributed by atoms with Gasteiger partial charge in [0.2, 0.25) is 5.91 Å². The van der Waals surface area contributed by atoms with Crippen molar-refractivity contribution in [1.29, 1.82) is 0 Å². The molecule has 0 radical (unpaired) electrons. The molecule has 0 fully saturated rings. The Hall–Kier alpha value is -2.98. The summed E-state index contributed by atoms with van der Waals surface area (Å²) in [5.41, 5.74) is 1.06. The Bertz CT molecular complexity index is 1390. The first-order valence-electron chi connectivity index (χ1n) is 14.5. The van der Waals surface area contributed by atoms with Crippen molar-refractivity contribution in [2.45, 2.75) is 82.9 Å². The van der Waals surface area contributed by atoms with Gasteiger partial charge >= 0.3 is 5.97 Å². The van der Waals surface area contributed by atoms with Gasteiger partial charge in [0.1, 0.15) is 5.75 Å². The monoisotopic (exact) mass is 616 g/mol. The Kier molecular flexibility index (Phi) is 11.2.